The van der Waals surface area contributed by atoms with Gasteiger partial charge in [0.05, 0.1) is 21.5 Å². The zero-order valence-corrected chi connectivity index (χ0v) is 13.4. The van der Waals surface area contributed by atoms with Crippen molar-refractivity contribution in [1.82, 2.24) is 0 Å². The first-order chi connectivity index (χ1) is 9.81. The van der Waals surface area contributed by atoms with Crippen LogP contribution in [0.2, 0.25) is 10.0 Å². The fourth-order valence-electron chi connectivity index (χ4n) is 1.79. The van der Waals surface area contributed by atoms with Crippen LogP contribution in [0, 0.1) is 5.82 Å². The fraction of sp³-hybridized carbons (Fsp3) is 0.143. The topological polar surface area (TPSA) is 37.4 Å². The molecular formula is C14H12Cl2FNO2S. The van der Waals surface area contributed by atoms with Crippen LogP contribution in [0.4, 0.5) is 10.1 Å². The van der Waals surface area contributed by atoms with Crippen LogP contribution < -0.4 is 4.31 Å². The highest BCUT2D eigenvalue weighted by Crippen LogP contribution is 2.26. The van der Waals surface area contributed by atoms with Crippen LogP contribution in [0.1, 0.15) is 5.56 Å². The van der Waals surface area contributed by atoms with Crippen LogP contribution in [0.25, 0.3) is 0 Å². The molecule has 0 aromatic heterocycles. The van der Waals surface area contributed by atoms with Gasteiger partial charge in [-0.25, -0.2) is 12.8 Å². The lowest BCUT2D eigenvalue weighted by atomic mass is 10.2. The Morgan fingerprint density at radius 1 is 1.10 bits per heavy atom. The molecule has 21 heavy (non-hydrogen) atoms. The first-order valence-electron chi connectivity index (χ1n) is 5.96. The molecule has 0 N–H and O–H groups in total. The van der Waals surface area contributed by atoms with E-state index in [4.69, 9.17) is 23.2 Å². The molecule has 0 heterocycles. The van der Waals surface area contributed by atoms with E-state index in [1.807, 2.05) is 0 Å². The predicted molar refractivity (Wildman–Crippen MR) is 83.9 cm³/mol. The summed E-state index contributed by atoms with van der Waals surface area (Å²) in [4.78, 5) is 0. The van der Waals surface area contributed by atoms with Crippen molar-refractivity contribution in [1.29, 1.82) is 0 Å². The van der Waals surface area contributed by atoms with Crippen molar-refractivity contribution in [2.45, 2.75) is 5.75 Å². The standard InChI is InChI=1S/C14H12Cl2FNO2S/c1-18(14-5-3-2-4-13(14)17)21(19,20)9-10-6-7-11(15)12(16)8-10/h2-8H,9H2,1H3. The average Bonchev–Trinajstić information content (AvgIpc) is 2.42. The van der Waals surface area contributed by atoms with Gasteiger partial charge in [-0.2, -0.15) is 0 Å². The van der Waals surface area contributed by atoms with Crippen LogP contribution in [0.15, 0.2) is 42.5 Å². The van der Waals surface area contributed by atoms with E-state index in [9.17, 15) is 12.8 Å². The minimum atomic E-state index is -3.73. The third kappa shape index (κ3) is 3.67. The second kappa shape index (κ2) is 6.22. The number of rotatable bonds is 4. The van der Waals surface area contributed by atoms with Gasteiger partial charge in [0.1, 0.15) is 5.82 Å². The fourth-order valence-corrected chi connectivity index (χ4v) is 3.36. The molecule has 2 aromatic carbocycles. The van der Waals surface area contributed by atoms with E-state index in [1.54, 1.807) is 12.1 Å². The van der Waals surface area contributed by atoms with Crippen molar-refractivity contribution in [2.75, 3.05) is 11.4 Å². The lowest BCUT2D eigenvalue weighted by Gasteiger charge is -2.20. The molecule has 0 bridgehead atoms. The first-order valence-corrected chi connectivity index (χ1v) is 8.33. The second-order valence-corrected chi connectivity index (χ2v) is 7.24. The van der Waals surface area contributed by atoms with Gasteiger partial charge in [0.25, 0.3) is 0 Å². The smallest absolute Gasteiger partial charge is 0.239 e. The van der Waals surface area contributed by atoms with Gasteiger partial charge < -0.3 is 0 Å². The van der Waals surface area contributed by atoms with E-state index in [0.717, 1.165) is 4.31 Å². The summed E-state index contributed by atoms with van der Waals surface area (Å²) in [6, 6.07) is 10.3. The number of benzene rings is 2. The summed E-state index contributed by atoms with van der Waals surface area (Å²) >= 11 is 11.7. The molecular weight excluding hydrogens is 336 g/mol. The van der Waals surface area contributed by atoms with Gasteiger partial charge in [0.2, 0.25) is 10.0 Å². The Kier molecular flexibility index (Phi) is 4.76. The molecule has 0 radical (unpaired) electrons. The van der Waals surface area contributed by atoms with Gasteiger partial charge in [0, 0.05) is 7.05 Å². The maximum absolute atomic E-state index is 13.7. The average molecular weight is 348 g/mol. The maximum atomic E-state index is 13.7. The maximum Gasteiger partial charge on any atom is 0.239 e. The van der Waals surface area contributed by atoms with E-state index in [0.29, 0.717) is 10.6 Å². The summed E-state index contributed by atoms with van der Waals surface area (Å²) in [5, 5.41) is 0.623. The van der Waals surface area contributed by atoms with Gasteiger partial charge in [-0.3, -0.25) is 4.31 Å². The molecule has 0 fully saturated rings. The Balaban J connectivity index is 2.30. The monoisotopic (exact) mass is 347 g/mol. The predicted octanol–water partition coefficient (Wildman–Crippen LogP) is 4.10. The van der Waals surface area contributed by atoms with Gasteiger partial charge >= 0.3 is 0 Å². The van der Waals surface area contributed by atoms with E-state index >= 15 is 0 Å². The zero-order chi connectivity index (χ0) is 15.6. The highest BCUT2D eigenvalue weighted by molar-refractivity contribution is 7.92. The number of sulfonamides is 1. The van der Waals surface area contributed by atoms with Crippen molar-refractivity contribution in [3.8, 4) is 0 Å². The molecule has 0 amide bonds. The number of anilines is 1. The summed E-state index contributed by atoms with van der Waals surface area (Å²) in [5.41, 5.74) is 0.477. The highest BCUT2D eigenvalue weighted by atomic mass is 35.5. The number of nitrogens with zero attached hydrogens (tertiary/aromatic N) is 1. The minimum Gasteiger partial charge on any atom is -0.270 e. The molecule has 0 aliphatic rings. The Labute approximate surface area is 133 Å². The van der Waals surface area contributed by atoms with Gasteiger partial charge in [-0.1, -0.05) is 41.4 Å². The first kappa shape index (κ1) is 16.1. The normalized spacial score (nSPS) is 11.4. The van der Waals surface area contributed by atoms with E-state index in [-0.39, 0.29) is 16.5 Å². The second-order valence-electron chi connectivity index (χ2n) is 4.42. The van der Waals surface area contributed by atoms with Gasteiger partial charge in [0.15, 0.2) is 0 Å². The van der Waals surface area contributed by atoms with Gasteiger partial charge in [-0.15, -0.1) is 0 Å². The summed E-state index contributed by atoms with van der Waals surface area (Å²) in [5.74, 6) is -0.896. The Morgan fingerprint density at radius 2 is 1.76 bits per heavy atom. The Hall–Kier alpha value is -1.30. The molecule has 112 valence electrons. The van der Waals surface area contributed by atoms with Crippen molar-refractivity contribution in [3.05, 3.63) is 63.9 Å². The number of hydrogen-bond acceptors (Lipinski definition) is 2. The van der Waals surface area contributed by atoms with Crippen LogP contribution in [0.3, 0.4) is 0 Å². The van der Waals surface area contributed by atoms with Crippen molar-refractivity contribution >= 4 is 38.9 Å². The van der Waals surface area contributed by atoms with E-state index < -0.39 is 15.8 Å². The molecule has 0 saturated heterocycles. The minimum absolute atomic E-state index is 0.00226. The van der Waals surface area contributed by atoms with Crippen molar-refractivity contribution in [3.63, 3.8) is 0 Å². The van der Waals surface area contributed by atoms with Gasteiger partial charge in [-0.05, 0) is 29.8 Å². The molecule has 2 aromatic rings. The van der Waals surface area contributed by atoms with Crippen molar-refractivity contribution < 1.29 is 12.8 Å². The van der Waals surface area contributed by atoms with Crippen molar-refractivity contribution in [2.24, 2.45) is 0 Å². The molecule has 0 atom stereocenters. The molecule has 0 aliphatic carbocycles. The SMILES string of the molecule is CN(c1ccccc1F)S(=O)(=O)Cc1ccc(Cl)c(Cl)c1. The van der Waals surface area contributed by atoms with E-state index in [2.05, 4.69) is 0 Å². The largest absolute Gasteiger partial charge is 0.270 e. The lowest BCUT2D eigenvalue weighted by molar-refractivity contribution is 0.589. The molecule has 0 spiro atoms. The van der Waals surface area contributed by atoms with Crippen LogP contribution in [-0.2, 0) is 15.8 Å². The third-order valence-electron chi connectivity index (χ3n) is 2.94. The molecule has 7 heteroatoms. The highest BCUT2D eigenvalue weighted by Gasteiger charge is 2.21. The summed E-state index contributed by atoms with van der Waals surface area (Å²) in [6.45, 7) is 0. The summed E-state index contributed by atoms with van der Waals surface area (Å²) in [6.07, 6.45) is 0. The number of para-hydroxylation sites is 1. The quantitative estimate of drug-likeness (QED) is 0.834. The third-order valence-corrected chi connectivity index (χ3v) is 5.41. The Morgan fingerprint density at radius 3 is 2.38 bits per heavy atom. The molecule has 2 rings (SSSR count). The van der Waals surface area contributed by atoms with Crippen LogP contribution >= 0.6 is 23.2 Å². The molecule has 3 nitrogen and oxygen atoms in total. The Bertz CT molecular complexity index is 765. The molecule has 0 saturated carbocycles. The molecule has 0 unspecified atom stereocenters. The number of halogens is 3. The lowest BCUT2D eigenvalue weighted by Crippen LogP contribution is -2.28. The van der Waals surface area contributed by atoms with Crippen LogP contribution in [-0.4, -0.2) is 15.5 Å². The summed E-state index contributed by atoms with van der Waals surface area (Å²) in [7, 11) is -2.42. The van der Waals surface area contributed by atoms with E-state index in [1.165, 1.54) is 37.4 Å². The number of hydrogen-bond donors (Lipinski definition) is 0. The molecule has 0 aliphatic heterocycles. The zero-order valence-electron chi connectivity index (χ0n) is 11.1. The van der Waals surface area contributed by atoms with Crippen LogP contribution in [0.5, 0.6) is 0 Å². The summed E-state index contributed by atoms with van der Waals surface area (Å²) < 4.78 is 39.3.